The van der Waals surface area contributed by atoms with Crippen molar-refractivity contribution in [3.63, 3.8) is 0 Å². The molecule has 30 heavy (non-hydrogen) atoms. The molecule has 160 valence electrons. The van der Waals surface area contributed by atoms with E-state index in [4.69, 9.17) is 4.74 Å². The molecule has 1 saturated heterocycles. The molecule has 1 fully saturated rings. The van der Waals surface area contributed by atoms with Crippen LogP contribution in [0.15, 0.2) is 54.6 Å². The summed E-state index contributed by atoms with van der Waals surface area (Å²) >= 11 is 0. The predicted molar refractivity (Wildman–Crippen MR) is 118 cm³/mol. The van der Waals surface area contributed by atoms with Crippen LogP contribution in [0.2, 0.25) is 0 Å². The lowest BCUT2D eigenvalue weighted by Gasteiger charge is -2.32. The van der Waals surface area contributed by atoms with Gasteiger partial charge in [-0.1, -0.05) is 42.5 Å². The van der Waals surface area contributed by atoms with Crippen molar-refractivity contribution in [2.24, 2.45) is 5.92 Å². The molecule has 1 heterocycles. The minimum Gasteiger partial charge on any atom is -0.444 e. The molecule has 0 spiro atoms. The van der Waals surface area contributed by atoms with E-state index in [0.717, 1.165) is 37.9 Å². The van der Waals surface area contributed by atoms with Crippen LogP contribution in [0.4, 0.5) is 4.79 Å². The maximum Gasteiger partial charge on any atom is 0.407 e. The Morgan fingerprint density at radius 1 is 0.967 bits per heavy atom. The molecule has 0 saturated carbocycles. The van der Waals surface area contributed by atoms with Gasteiger partial charge >= 0.3 is 6.09 Å². The lowest BCUT2D eigenvalue weighted by Crippen LogP contribution is -2.38. The normalized spacial score (nSPS) is 15.0. The van der Waals surface area contributed by atoms with Gasteiger partial charge in [0.15, 0.2) is 0 Å². The maximum atomic E-state index is 12.8. The Kier molecular flexibility index (Phi) is 7.14. The summed E-state index contributed by atoms with van der Waals surface area (Å²) in [6, 6.07) is 18.0. The summed E-state index contributed by atoms with van der Waals surface area (Å²) < 4.78 is 5.24. The minimum atomic E-state index is -0.519. The van der Waals surface area contributed by atoms with Crippen LogP contribution in [0, 0.1) is 5.92 Å². The number of hydrogen-bond acceptors (Lipinski definition) is 3. The molecule has 5 heteroatoms. The molecule has 3 rings (SSSR count). The second-order valence-corrected chi connectivity index (χ2v) is 8.98. The second kappa shape index (κ2) is 9.79. The van der Waals surface area contributed by atoms with Crippen molar-refractivity contribution in [1.82, 2.24) is 10.2 Å². The van der Waals surface area contributed by atoms with Crippen molar-refractivity contribution in [2.45, 2.75) is 52.2 Å². The van der Waals surface area contributed by atoms with Gasteiger partial charge in [0.05, 0.1) is 0 Å². The quantitative estimate of drug-likeness (QED) is 0.773. The first-order chi connectivity index (χ1) is 14.3. The van der Waals surface area contributed by atoms with Crippen LogP contribution in [-0.4, -0.2) is 35.6 Å². The van der Waals surface area contributed by atoms with E-state index in [9.17, 15) is 9.59 Å². The number of likely N-dealkylation sites (tertiary alicyclic amines) is 1. The van der Waals surface area contributed by atoms with Crippen molar-refractivity contribution < 1.29 is 14.3 Å². The number of carbonyl (C=O) groups is 2. The summed E-state index contributed by atoms with van der Waals surface area (Å²) in [7, 11) is 0. The first-order valence-corrected chi connectivity index (χ1v) is 10.7. The molecule has 0 aromatic heterocycles. The highest BCUT2D eigenvalue weighted by Gasteiger charge is 2.23. The van der Waals surface area contributed by atoms with E-state index in [0.29, 0.717) is 18.0 Å². The summed E-state index contributed by atoms with van der Waals surface area (Å²) in [6.45, 7) is 7.47. The highest BCUT2D eigenvalue weighted by Crippen LogP contribution is 2.23. The zero-order valence-electron chi connectivity index (χ0n) is 18.2. The van der Waals surface area contributed by atoms with E-state index in [-0.39, 0.29) is 5.91 Å². The molecular formula is C25H32N2O3. The van der Waals surface area contributed by atoms with Gasteiger partial charge in [0, 0.05) is 25.2 Å². The molecule has 0 aliphatic carbocycles. The van der Waals surface area contributed by atoms with Crippen molar-refractivity contribution in [3.8, 4) is 0 Å². The van der Waals surface area contributed by atoms with E-state index < -0.39 is 11.7 Å². The molecule has 5 nitrogen and oxygen atoms in total. The third kappa shape index (κ3) is 6.61. The molecular weight excluding hydrogens is 376 g/mol. The summed E-state index contributed by atoms with van der Waals surface area (Å²) in [4.78, 5) is 26.6. The monoisotopic (exact) mass is 408 g/mol. The van der Waals surface area contributed by atoms with E-state index in [1.54, 1.807) is 0 Å². The molecule has 0 atom stereocenters. The molecule has 2 aromatic rings. The van der Waals surface area contributed by atoms with Gasteiger partial charge in [-0.15, -0.1) is 0 Å². The van der Waals surface area contributed by atoms with Crippen molar-refractivity contribution in [1.29, 1.82) is 0 Å². The number of alkyl carbamates (subject to hydrolysis) is 1. The fraction of sp³-hybridized carbons (Fsp3) is 0.440. The SMILES string of the molecule is CC(C)(C)OC(=O)NCc1ccc(C(=O)N2CCC(Cc3ccccc3)CC2)cc1. The highest BCUT2D eigenvalue weighted by molar-refractivity contribution is 5.94. The molecule has 0 unspecified atom stereocenters. The predicted octanol–water partition coefficient (Wildman–Crippen LogP) is 4.81. The average Bonchev–Trinajstić information content (AvgIpc) is 2.72. The average molecular weight is 409 g/mol. The Labute approximate surface area is 179 Å². The van der Waals surface area contributed by atoms with Gasteiger partial charge in [-0.05, 0) is 69.2 Å². The van der Waals surface area contributed by atoms with Gasteiger partial charge in [-0.25, -0.2) is 4.79 Å². The first kappa shape index (κ1) is 21.9. The molecule has 1 aliphatic heterocycles. The van der Waals surface area contributed by atoms with Gasteiger partial charge in [0.25, 0.3) is 5.91 Å². The van der Waals surface area contributed by atoms with Gasteiger partial charge in [-0.2, -0.15) is 0 Å². The number of piperidine rings is 1. The lowest BCUT2D eigenvalue weighted by atomic mass is 9.90. The summed E-state index contributed by atoms with van der Waals surface area (Å²) in [5.41, 5.74) is 2.48. The highest BCUT2D eigenvalue weighted by atomic mass is 16.6. The molecule has 1 aliphatic rings. The van der Waals surface area contributed by atoms with Crippen molar-refractivity contribution in [2.75, 3.05) is 13.1 Å². The standard InChI is InChI=1S/C25H32N2O3/c1-25(2,3)30-24(29)26-18-21-9-11-22(12-10-21)23(28)27-15-13-20(14-16-27)17-19-7-5-4-6-8-19/h4-12,20H,13-18H2,1-3H3,(H,26,29). The molecule has 2 aromatic carbocycles. The van der Waals surface area contributed by atoms with Gasteiger partial charge in [0.2, 0.25) is 0 Å². The van der Waals surface area contributed by atoms with Crippen LogP contribution < -0.4 is 5.32 Å². The number of ether oxygens (including phenoxy) is 1. The van der Waals surface area contributed by atoms with Gasteiger partial charge in [-0.3, -0.25) is 4.79 Å². The van der Waals surface area contributed by atoms with E-state index in [1.165, 1.54) is 5.56 Å². The maximum absolute atomic E-state index is 12.8. The van der Waals surface area contributed by atoms with E-state index in [1.807, 2.05) is 56.0 Å². The number of carbonyl (C=O) groups excluding carboxylic acids is 2. The zero-order valence-corrected chi connectivity index (χ0v) is 18.2. The number of nitrogens with zero attached hydrogens (tertiary/aromatic N) is 1. The topological polar surface area (TPSA) is 58.6 Å². The van der Waals surface area contributed by atoms with Gasteiger partial charge < -0.3 is 15.0 Å². The number of benzene rings is 2. The van der Waals surface area contributed by atoms with Crippen LogP contribution in [0.3, 0.4) is 0 Å². The third-order valence-electron chi connectivity index (χ3n) is 5.31. The fourth-order valence-corrected chi connectivity index (χ4v) is 3.72. The van der Waals surface area contributed by atoms with E-state index >= 15 is 0 Å². The third-order valence-corrected chi connectivity index (χ3v) is 5.31. The van der Waals surface area contributed by atoms with Crippen molar-refractivity contribution >= 4 is 12.0 Å². The number of rotatable bonds is 5. The summed E-state index contributed by atoms with van der Waals surface area (Å²) in [5, 5.41) is 2.74. The van der Waals surface area contributed by atoms with Crippen LogP contribution in [0.25, 0.3) is 0 Å². The smallest absolute Gasteiger partial charge is 0.407 e. The Morgan fingerprint density at radius 2 is 1.60 bits per heavy atom. The van der Waals surface area contributed by atoms with Crippen LogP contribution >= 0.6 is 0 Å². The van der Waals surface area contributed by atoms with Crippen LogP contribution in [-0.2, 0) is 17.7 Å². The minimum absolute atomic E-state index is 0.0832. The molecule has 0 bridgehead atoms. The lowest BCUT2D eigenvalue weighted by molar-refractivity contribution is 0.0523. The number of nitrogens with one attached hydrogen (secondary N) is 1. The number of hydrogen-bond donors (Lipinski definition) is 1. The Bertz CT molecular complexity index is 833. The molecule has 0 radical (unpaired) electrons. The zero-order chi connectivity index (χ0) is 21.6. The largest absolute Gasteiger partial charge is 0.444 e. The first-order valence-electron chi connectivity index (χ1n) is 10.7. The second-order valence-electron chi connectivity index (χ2n) is 8.98. The fourth-order valence-electron chi connectivity index (χ4n) is 3.72. The van der Waals surface area contributed by atoms with Crippen LogP contribution in [0.1, 0.15) is 55.1 Å². The van der Waals surface area contributed by atoms with Crippen molar-refractivity contribution in [3.05, 3.63) is 71.3 Å². The molecule has 2 amide bonds. The van der Waals surface area contributed by atoms with Gasteiger partial charge in [0.1, 0.15) is 5.60 Å². The summed E-state index contributed by atoms with van der Waals surface area (Å²) in [5.74, 6) is 0.720. The Morgan fingerprint density at radius 3 is 2.20 bits per heavy atom. The van der Waals surface area contributed by atoms with E-state index in [2.05, 4.69) is 29.6 Å². The van der Waals surface area contributed by atoms with Crippen LogP contribution in [0.5, 0.6) is 0 Å². The number of amides is 2. The summed E-state index contributed by atoms with van der Waals surface area (Å²) in [6.07, 6.45) is 2.72. The Hall–Kier alpha value is -2.82. The molecule has 1 N–H and O–H groups in total. The Balaban J connectivity index is 1.46.